The van der Waals surface area contributed by atoms with Crippen LogP contribution in [0.15, 0.2) is 54.6 Å². The number of carbonyl (C=O) groups is 2. The molecule has 2 amide bonds. The average Bonchev–Trinajstić information content (AvgIpc) is 2.53. The van der Waals surface area contributed by atoms with Crippen LogP contribution >= 0.6 is 0 Å². The van der Waals surface area contributed by atoms with Gasteiger partial charge >= 0.3 is 12.0 Å². The molecule has 0 aromatic heterocycles. The van der Waals surface area contributed by atoms with Crippen LogP contribution in [-0.4, -0.2) is 23.7 Å². The van der Waals surface area contributed by atoms with Gasteiger partial charge in [-0.15, -0.1) is 0 Å². The number of benzene rings is 2. The third kappa shape index (κ3) is 4.94. The fraction of sp³-hybridized carbons (Fsp3) is 0.176. The SMILES string of the molecule is O=C(NCCCc1ccccc1)Nc1ccc(C(=O)O)cc1. The molecule has 2 aromatic rings. The lowest BCUT2D eigenvalue weighted by Crippen LogP contribution is -2.29. The monoisotopic (exact) mass is 298 g/mol. The fourth-order valence-electron chi connectivity index (χ4n) is 2.01. The molecule has 0 heterocycles. The smallest absolute Gasteiger partial charge is 0.335 e. The second-order valence-electron chi connectivity index (χ2n) is 4.85. The first kappa shape index (κ1) is 15.6. The molecule has 0 radical (unpaired) electrons. The van der Waals surface area contributed by atoms with Gasteiger partial charge in [0.2, 0.25) is 0 Å². The summed E-state index contributed by atoms with van der Waals surface area (Å²) in [7, 11) is 0. The van der Waals surface area contributed by atoms with E-state index >= 15 is 0 Å². The molecule has 2 aromatic carbocycles. The lowest BCUT2D eigenvalue weighted by molar-refractivity contribution is 0.0697. The van der Waals surface area contributed by atoms with Crippen molar-refractivity contribution in [3.63, 3.8) is 0 Å². The normalized spacial score (nSPS) is 10.0. The first-order chi connectivity index (χ1) is 10.6. The van der Waals surface area contributed by atoms with Crippen LogP contribution in [0.2, 0.25) is 0 Å². The van der Waals surface area contributed by atoms with Gasteiger partial charge in [0, 0.05) is 12.2 Å². The number of carbonyl (C=O) groups excluding carboxylic acids is 1. The van der Waals surface area contributed by atoms with Gasteiger partial charge in [-0.3, -0.25) is 0 Å². The summed E-state index contributed by atoms with van der Waals surface area (Å²) in [6, 6.07) is 15.8. The number of nitrogens with one attached hydrogen (secondary N) is 2. The number of hydrogen-bond donors (Lipinski definition) is 3. The van der Waals surface area contributed by atoms with E-state index in [0.29, 0.717) is 12.2 Å². The van der Waals surface area contributed by atoms with Gasteiger partial charge in [0.05, 0.1) is 5.56 Å². The van der Waals surface area contributed by atoms with Crippen molar-refractivity contribution in [3.05, 3.63) is 65.7 Å². The highest BCUT2D eigenvalue weighted by molar-refractivity contribution is 5.91. The first-order valence-corrected chi connectivity index (χ1v) is 7.07. The van der Waals surface area contributed by atoms with Gasteiger partial charge in [-0.2, -0.15) is 0 Å². The maximum atomic E-state index is 11.7. The Hall–Kier alpha value is -2.82. The molecule has 114 valence electrons. The topological polar surface area (TPSA) is 78.4 Å². The van der Waals surface area contributed by atoms with Gasteiger partial charge in [0.25, 0.3) is 0 Å². The van der Waals surface area contributed by atoms with E-state index in [1.807, 2.05) is 18.2 Å². The number of hydrogen-bond acceptors (Lipinski definition) is 2. The second-order valence-corrected chi connectivity index (χ2v) is 4.85. The summed E-state index contributed by atoms with van der Waals surface area (Å²) in [5, 5.41) is 14.2. The molecule has 0 bridgehead atoms. The van der Waals surface area contributed by atoms with E-state index in [-0.39, 0.29) is 11.6 Å². The van der Waals surface area contributed by atoms with Crippen molar-refractivity contribution >= 4 is 17.7 Å². The van der Waals surface area contributed by atoms with Crippen LogP contribution in [0.1, 0.15) is 22.3 Å². The van der Waals surface area contributed by atoms with Crippen molar-refractivity contribution in [2.24, 2.45) is 0 Å². The molecule has 0 aliphatic heterocycles. The van der Waals surface area contributed by atoms with E-state index in [0.717, 1.165) is 12.8 Å². The Morgan fingerprint density at radius 3 is 2.27 bits per heavy atom. The summed E-state index contributed by atoms with van der Waals surface area (Å²) in [5.74, 6) is -0.989. The summed E-state index contributed by atoms with van der Waals surface area (Å²) in [6.45, 7) is 0.577. The number of anilines is 1. The maximum absolute atomic E-state index is 11.7. The van der Waals surface area contributed by atoms with Crippen molar-refractivity contribution < 1.29 is 14.7 Å². The van der Waals surface area contributed by atoms with Crippen LogP contribution in [-0.2, 0) is 6.42 Å². The number of carboxylic acid groups (broad SMARTS) is 1. The Bertz CT molecular complexity index is 624. The molecule has 5 nitrogen and oxygen atoms in total. The fourth-order valence-corrected chi connectivity index (χ4v) is 2.01. The highest BCUT2D eigenvalue weighted by atomic mass is 16.4. The molecule has 0 saturated heterocycles. The third-order valence-electron chi connectivity index (χ3n) is 3.16. The van der Waals surface area contributed by atoms with Crippen LogP contribution in [0.3, 0.4) is 0 Å². The van der Waals surface area contributed by atoms with E-state index in [4.69, 9.17) is 5.11 Å². The van der Waals surface area contributed by atoms with Gasteiger partial charge in [-0.1, -0.05) is 30.3 Å². The Labute approximate surface area is 129 Å². The molecule has 2 rings (SSSR count). The van der Waals surface area contributed by atoms with Gasteiger partial charge in [-0.25, -0.2) is 9.59 Å². The zero-order valence-corrected chi connectivity index (χ0v) is 12.1. The first-order valence-electron chi connectivity index (χ1n) is 7.07. The minimum Gasteiger partial charge on any atom is -0.478 e. The van der Waals surface area contributed by atoms with Crippen molar-refractivity contribution in [1.29, 1.82) is 0 Å². The number of aromatic carboxylic acids is 1. The Balaban J connectivity index is 1.70. The Kier molecular flexibility index (Phi) is 5.54. The zero-order chi connectivity index (χ0) is 15.8. The van der Waals surface area contributed by atoms with Crippen LogP contribution in [0.5, 0.6) is 0 Å². The lowest BCUT2D eigenvalue weighted by atomic mass is 10.1. The van der Waals surface area contributed by atoms with Crippen molar-refractivity contribution in [1.82, 2.24) is 5.32 Å². The number of urea groups is 1. The largest absolute Gasteiger partial charge is 0.478 e. The summed E-state index contributed by atoms with van der Waals surface area (Å²) in [5.41, 5.74) is 1.99. The molecule has 5 heteroatoms. The van der Waals surface area contributed by atoms with E-state index in [1.165, 1.54) is 17.7 Å². The van der Waals surface area contributed by atoms with Crippen LogP contribution in [0, 0.1) is 0 Å². The number of amides is 2. The Morgan fingerprint density at radius 2 is 1.64 bits per heavy atom. The molecule has 0 saturated carbocycles. The standard InChI is InChI=1S/C17H18N2O3/c20-16(21)14-8-10-15(11-9-14)19-17(22)18-12-4-7-13-5-2-1-3-6-13/h1-3,5-6,8-11H,4,7,12H2,(H,20,21)(H2,18,19,22). The second kappa shape index (κ2) is 7.83. The molecule has 0 atom stereocenters. The maximum Gasteiger partial charge on any atom is 0.335 e. The highest BCUT2D eigenvalue weighted by Gasteiger charge is 2.04. The summed E-state index contributed by atoms with van der Waals surface area (Å²) in [6.07, 6.45) is 1.77. The van der Waals surface area contributed by atoms with Gasteiger partial charge in [0.15, 0.2) is 0 Å². The van der Waals surface area contributed by atoms with Gasteiger partial charge in [-0.05, 0) is 42.7 Å². The van der Waals surface area contributed by atoms with Gasteiger partial charge in [0.1, 0.15) is 0 Å². The predicted molar refractivity (Wildman–Crippen MR) is 85.2 cm³/mol. The van der Waals surface area contributed by atoms with Gasteiger partial charge < -0.3 is 15.7 Å². The van der Waals surface area contributed by atoms with Crippen LogP contribution < -0.4 is 10.6 Å². The summed E-state index contributed by atoms with van der Waals surface area (Å²) >= 11 is 0. The third-order valence-corrected chi connectivity index (χ3v) is 3.16. The molecule has 0 spiro atoms. The van der Waals surface area contributed by atoms with E-state index < -0.39 is 5.97 Å². The number of carboxylic acids is 1. The molecule has 22 heavy (non-hydrogen) atoms. The van der Waals surface area contributed by atoms with E-state index in [1.54, 1.807) is 12.1 Å². The lowest BCUT2D eigenvalue weighted by Gasteiger charge is -2.08. The number of rotatable bonds is 6. The summed E-state index contributed by atoms with van der Waals surface area (Å²) < 4.78 is 0. The molecule has 0 fully saturated rings. The van der Waals surface area contributed by atoms with E-state index in [9.17, 15) is 9.59 Å². The molecule has 0 aliphatic rings. The molecular weight excluding hydrogens is 280 g/mol. The van der Waals surface area contributed by atoms with Crippen LogP contribution in [0.25, 0.3) is 0 Å². The molecule has 3 N–H and O–H groups in total. The van der Waals surface area contributed by atoms with E-state index in [2.05, 4.69) is 22.8 Å². The minimum atomic E-state index is -0.989. The minimum absolute atomic E-state index is 0.189. The Morgan fingerprint density at radius 1 is 0.955 bits per heavy atom. The van der Waals surface area contributed by atoms with Crippen LogP contribution in [0.4, 0.5) is 10.5 Å². The van der Waals surface area contributed by atoms with Crippen molar-refractivity contribution in [2.75, 3.05) is 11.9 Å². The predicted octanol–water partition coefficient (Wildman–Crippen LogP) is 3.14. The molecule has 0 unspecified atom stereocenters. The summed E-state index contributed by atoms with van der Waals surface area (Å²) in [4.78, 5) is 22.4. The molecular formula is C17H18N2O3. The molecule has 0 aliphatic carbocycles. The number of aryl methyl sites for hydroxylation is 1. The zero-order valence-electron chi connectivity index (χ0n) is 12.1. The van der Waals surface area contributed by atoms with Crippen molar-refractivity contribution in [3.8, 4) is 0 Å². The van der Waals surface area contributed by atoms with Crippen molar-refractivity contribution in [2.45, 2.75) is 12.8 Å². The quantitative estimate of drug-likeness (QED) is 0.717. The average molecular weight is 298 g/mol. The highest BCUT2D eigenvalue weighted by Crippen LogP contribution is 2.09.